The number of nitrogens with one attached hydrogen (secondary N) is 1. The van der Waals surface area contributed by atoms with Crippen molar-refractivity contribution in [2.24, 2.45) is 5.92 Å². The number of nitrogens with zero attached hydrogens (tertiary/aromatic N) is 3. The van der Waals surface area contributed by atoms with Crippen molar-refractivity contribution in [2.75, 3.05) is 40.0 Å². The molecule has 4 rings (SSSR count). The van der Waals surface area contributed by atoms with Crippen LogP contribution in [-0.2, 0) is 9.47 Å². The van der Waals surface area contributed by atoms with Gasteiger partial charge in [0.25, 0.3) is 5.91 Å². The molecular formula is C25H36N4O3. The summed E-state index contributed by atoms with van der Waals surface area (Å²) < 4.78 is 12.9. The topological polar surface area (TPSA) is 68.6 Å². The van der Waals surface area contributed by atoms with Crippen molar-refractivity contribution in [3.63, 3.8) is 0 Å². The summed E-state index contributed by atoms with van der Waals surface area (Å²) in [6.07, 6.45) is 10.9. The molecule has 174 valence electrons. The summed E-state index contributed by atoms with van der Waals surface area (Å²) in [4.78, 5) is 15.5. The first-order valence-corrected chi connectivity index (χ1v) is 12.0. The lowest BCUT2D eigenvalue weighted by molar-refractivity contribution is -0.0254. The Morgan fingerprint density at radius 3 is 2.75 bits per heavy atom. The van der Waals surface area contributed by atoms with Gasteiger partial charge in [-0.15, -0.1) is 0 Å². The fraction of sp³-hybridized carbons (Fsp3) is 0.600. The largest absolute Gasteiger partial charge is 0.382 e. The molecule has 1 aliphatic carbocycles. The Bertz CT molecular complexity index is 824. The van der Waals surface area contributed by atoms with Crippen molar-refractivity contribution >= 4 is 5.91 Å². The van der Waals surface area contributed by atoms with Crippen LogP contribution in [0.15, 0.2) is 42.7 Å². The molecule has 1 N–H and O–H groups in total. The van der Waals surface area contributed by atoms with Crippen LogP contribution < -0.4 is 5.32 Å². The minimum atomic E-state index is 0.0216. The van der Waals surface area contributed by atoms with Gasteiger partial charge < -0.3 is 19.7 Å². The van der Waals surface area contributed by atoms with E-state index in [9.17, 15) is 4.79 Å². The number of hydrogen-bond acceptors (Lipinski definition) is 5. The van der Waals surface area contributed by atoms with Crippen molar-refractivity contribution in [3.8, 4) is 5.69 Å². The molecule has 2 heterocycles. The fourth-order valence-electron chi connectivity index (χ4n) is 5.00. The molecule has 1 aromatic heterocycles. The summed E-state index contributed by atoms with van der Waals surface area (Å²) in [6, 6.07) is 9.78. The number of amides is 1. The number of ether oxygens (including phenoxy) is 2. The third-order valence-corrected chi connectivity index (χ3v) is 6.72. The first-order valence-electron chi connectivity index (χ1n) is 12.0. The highest BCUT2D eigenvalue weighted by Crippen LogP contribution is 2.27. The summed E-state index contributed by atoms with van der Waals surface area (Å²) in [5, 5.41) is 7.59. The molecular weight excluding hydrogens is 404 g/mol. The number of carbonyl (C=O) groups is 1. The van der Waals surface area contributed by atoms with E-state index < -0.39 is 0 Å². The number of rotatable bonds is 9. The van der Waals surface area contributed by atoms with Crippen LogP contribution in [0.1, 0.15) is 48.9 Å². The van der Waals surface area contributed by atoms with Gasteiger partial charge in [-0.2, -0.15) is 5.10 Å². The molecule has 7 heteroatoms. The summed E-state index contributed by atoms with van der Waals surface area (Å²) in [5.74, 6) is 0.516. The minimum Gasteiger partial charge on any atom is -0.382 e. The second-order valence-corrected chi connectivity index (χ2v) is 9.01. The lowest BCUT2D eigenvalue weighted by Gasteiger charge is -2.39. The van der Waals surface area contributed by atoms with Gasteiger partial charge in [-0.3, -0.25) is 4.79 Å². The summed E-state index contributed by atoms with van der Waals surface area (Å²) in [7, 11) is 1.71. The normalized spacial score (nSPS) is 24.3. The summed E-state index contributed by atoms with van der Waals surface area (Å²) in [6.45, 7) is 4.45. The molecule has 2 fully saturated rings. The van der Waals surface area contributed by atoms with Crippen molar-refractivity contribution < 1.29 is 14.3 Å². The number of methoxy groups -OCH3 is 1. The monoisotopic (exact) mass is 440 g/mol. The van der Waals surface area contributed by atoms with Crippen molar-refractivity contribution in [1.82, 2.24) is 20.0 Å². The Balaban J connectivity index is 1.31. The molecule has 0 unspecified atom stereocenters. The van der Waals surface area contributed by atoms with E-state index in [2.05, 4.69) is 15.3 Å². The number of likely N-dealkylation sites (tertiary alicyclic amines) is 1. The van der Waals surface area contributed by atoms with Crippen molar-refractivity contribution in [3.05, 3.63) is 48.3 Å². The molecule has 1 saturated heterocycles. The maximum atomic E-state index is 13.0. The predicted molar refractivity (Wildman–Crippen MR) is 124 cm³/mol. The molecule has 1 saturated carbocycles. The van der Waals surface area contributed by atoms with Crippen LogP contribution in [0.2, 0.25) is 0 Å². The number of carbonyl (C=O) groups excluding carboxylic acids is 1. The zero-order valence-corrected chi connectivity index (χ0v) is 19.1. The Morgan fingerprint density at radius 2 is 1.97 bits per heavy atom. The van der Waals surface area contributed by atoms with E-state index in [4.69, 9.17) is 9.47 Å². The third-order valence-electron chi connectivity index (χ3n) is 6.72. The highest BCUT2D eigenvalue weighted by molar-refractivity contribution is 5.94. The highest BCUT2D eigenvalue weighted by Gasteiger charge is 2.30. The zero-order valence-electron chi connectivity index (χ0n) is 19.1. The van der Waals surface area contributed by atoms with Crippen molar-refractivity contribution in [2.45, 2.75) is 50.7 Å². The molecule has 1 amide bonds. The van der Waals surface area contributed by atoms with Gasteiger partial charge in [0.15, 0.2) is 0 Å². The second-order valence-electron chi connectivity index (χ2n) is 9.01. The minimum absolute atomic E-state index is 0.0216. The van der Waals surface area contributed by atoms with Crippen LogP contribution in [0.5, 0.6) is 0 Å². The Morgan fingerprint density at radius 1 is 1.12 bits per heavy atom. The second kappa shape index (κ2) is 11.6. The first kappa shape index (κ1) is 23.0. The van der Waals surface area contributed by atoms with Crippen LogP contribution >= 0.6 is 0 Å². The number of hydrogen-bond donors (Lipinski definition) is 1. The maximum absolute atomic E-state index is 13.0. The molecule has 1 aromatic carbocycles. The van der Waals surface area contributed by atoms with E-state index in [1.165, 1.54) is 25.7 Å². The van der Waals surface area contributed by atoms with Crippen LogP contribution in [-0.4, -0.2) is 72.7 Å². The standard InChI is InChI=1S/C25H36N4O3/c1-31-16-17-32-23-7-4-14-28(19-23)18-21-6-2-3-8-24(21)27-25(30)20-9-11-22(12-10-20)29-15-5-13-26-29/h5,9-13,15,21,23-24H,2-4,6-8,14,16-19H2,1H3,(H,27,30)/t21-,23-,24+/m1/s1. The van der Waals surface area contributed by atoms with E-state index in [0.717, 1.165) is 38.2 Å². The molecule has 2 aromatic rings. The van der Waals surface area contributed by atoms with Gasteiger partial charge in [0.1, 0.15) is 0 Å². The lowest BCUT2D eigenvalue weighted by Crippen LogP contribution is -2.49. The summed E-state index contributed by atoms with van der Waals surface area (Å²) in [5.41, 5.74) is 1.66. The Hall–Kier alpha value is -2.22. The van der Waals surface area contributed by atoms with E-state index in [-0.39, 0.29) is 11.9 Å². The lowest BCUT2D eigenvalue weighted by atomic mass is 9.83. The molecule has 7 nitrogen and oxygen atoms in total. The van der Waals surface area contributed by atoms with Gasteiger partial charge in [0.2, 0.25) is 0 Å². The molecule has 0 bridgehead atoms. The van der Waals surface area contributed by atoms with Gasteiger partial charge >= 0.3 is 0 Å². The number of benzene rings is 1. The first-order chi connectivity index (χ1) is 15.7. The van der Waals surface area contributed by atoms with Gasteiger partial charge in [0, 0.05) is 44.2 Å². The number of aromatic nitrogens is 2. The van der Waals surface area contributed by atoms with Crippen LogP contribution in [0.3, 0.4) is 0 Å². The summed E-state index contributed by atoms with van der Waals surface area (Å²) >= 11 is 0. The van der Waals surface area contributed by atoms with Gasteiger partial charge in [-0.1, -0.05) is 12.8 Å². The highest BCUT2D eigenvalue weighted by atomic mass is 16.5. The van der Waals surface area contributed by atoms with Gasteiger partial charge in [0.05, 0.1) is 25.0 Å². The molecule has 0 spiro atoms. The SMILES string of the molecule is COCCO[C@@H]1CCCN(C[C@H]2CCCC[C@@H]2NC(=O)c2ccc(-n3cccn3)cc2)C1. The fourth-order valence-corrected chi connectivity index (χ4v) is 5.00. The Kier molecular flexibility index (Phi) is 8.31. The maximum Gasteiger partial charge on any atom is 0.251 e. The third kappa shape index (κ3) is 6.18. The quantitative estimate of drug-likeness (QED) is 0.606. The number of piperidine rings is 1. The molecule has 0 radical (unpaired) electrons. The van der Waals surface area contributed by atoms with Gasteiger partial charge in [-0.05, 0) is 68.5 Å². The zero-order chi connectivity index (χ0) is 22.2. The van der Waals surface area contributed by atoms with Crippen LogP contribution in [0.25, 0.3) is 5.69 Å². The van der Waals surface area contributed by atoms with Crippen LogP contribution in [0, 0.1) is 5.92 Å². The molecule has 3 atom stereocenters. The average molecular weight is 441 g/mol. The van der Waals surface area contributed by atoms with E-state index >= 15 is 0 Å². The van der Waals surface area contributed by atoms with Crippen LogP contribution in [0.4, 0.5) is 0 Å². The van der Waals surface area contributed by atoms with E-state index in [1.807, 2.05) is 36.5 Å². The molecule has 32 heavy (non-hydrogen) atoms. The molecule has 2 aliphatic rings. The van der Waals surface area contributed by atoms with E-state index in [1.54, 1.807) is 18.0 Å². The smallest absolute Gasteiger partial charge is 0.251 e. The van der Waals surface area contributed by atoms with Gasteiger partial charge in [-0.25, -0.2) is 4.68 Å². The van der Waals surface area contributed by atoms with E-state index in [0.29, 0.717) is 30.8 Å². The average Bonchev–Trinajstić information content (AvgIpc) is 3.36. The predicted octanol–water partition coefficient (Wildman–Crippen LogP) is 3.29. The molecule has 1 aliphatic heterocycles. The van der Waals surface area contributed by atoms with Crippen molar-refractivity contribution in [1.29, 1.82) is 0 Å². The Labute approximate surface area is 191 Å².